The van der Waals surface area contributed by atoms with E-state index >= 15 is 0 Å². The number of rotatable bonds is 2. The molecule has 3 unspecified atom stereocenters. The Hall–Kier alpha value is -0.890. The van der Waals surface area contributed by atoms with Gasteiger partial charge in [0, 0.05) is 11.5 Å². The highest BCUT2D eigenvalue weighted by molar-refractivity contribution is 5.36. The second-order valence-corrected chi connectivity index (χ2v) is 4.93. The zero-order valence-electron chi connectivity index (χ0n) is 8.96. The Kier molecular flexibility index (Phi) is 1.90. The first-order valence-corrected chi connectivity index (χ1v) is 5.69. The zero-order chi connectivity index (χ0) is 10.5. The number of nitrogens with one attached hydrogen (secondary N) is 1. The van der Waals surface area contributed by atoms with E-state index in [2.05, 4.69) is 5.32 Å². The van der Waals surface area contributed by atoms with Crippen molar-refractivity contribution >= 4 is 0 Å². The van der Waals surface area contributed by atoms with Crippen LogP contribution in [0, 0.1) is 11.7 Å². The molecule has 2 heteroatoms. The van der Waals surface area contributed by atoms with E-state index in [4.69, 9.17) is 0 Å². The van der Waals surface area contributed by atoms with E-state index in [-0.39, 0.29) is 5.82 Å². The number of hydrogen-bond donors (Lipinski definition) is 1. The number of hydrogen-bond acceptors (Lipinski definition) is 1. The Morgan fingerprint density at radius 1 is 1.33 bits per heavy atom. The smallest absolute Gasteiger partial charge is 0.123 e. The van der Waals surface area contributed by atoms with Crippen LogP contribution in [0.4, 0.5) is 4.39 Å². The van der Waals surface area contributed by atoms with Gasteiger partial charge >= 0.3 is 0 Å². The molecule has 2 bridgehead atoms. The minimum absolute atomic E-state index is 0.134. The van der Waals surface area contributed by atoms with Gasteiger partial charge in [0.2, 0.25) is 0 Å². The lowest BCUT2D eigenvalue weighted by Gasteiger charge is -2.48. The molecule has 0 saturated heterocycles. The van der Waals surface area contributed by atoms with Crippen molar-refractivity contribution in [1.29, 1.82) is 0 Å². The van der Waals surface area contributed by atoms with E-state index in [1.165, 1.54) is 24.8 Å². The molecule has 3 saturated carbocycles. The Morgan fingerprint density at radius 2 is 2.07 bits per heavy atom. The molecule has 0 radical (unpaired) electrons. The van der Waals surface area contributed by atoms with Gasteiger partial charge in [-0.05, 0) is 49.9 Å². The molecule has 3 atom stereocenters. The van der Waals surface area contributed by atoms with Crippen LogP contribution in [0.25, 0.3) is 0 Å². The first-order valence-electron chi connectivity index (χ1n) is 5.69. The molecule has 80 valence electrons. The van der Waals surface area contributed by atoms with Gasteiger partial charge in [-0.3, -0.25) is 0 Å². The van der Waals surface area contributed by atoms with Crippen molar-refractivity contribution in [2.24, 2.45) is 5.92 Å². The van der Waals surface area contributed by atoms with Crippen LogP contribution in [0.1, 0.15) is 24.8 Å². The summed E-state index contributed by atoms with van der Waals surface area (Å²) in [5, 5.41) is 3.42. The number of halogens is 1. The van der Waals surface area contributed by atoms with Gasteiger partial charge in [-0.15, -0.1) is 0 Å². The minimum atomic E-state index is -0.134. The third-order valence-corrected chi connectivity index (χ3v) is 4.38. The number of benzene rings is 1. The van der Waals surface area contributed by atoms with E-state index < -0.39 is 0 Å². The monoisotopic (exact) mass is 205 g/mol. The highest BCUT2D eigenvalue weighted by Gasteiger charge is 2.58. The fourth-order valence-electron chi connectivity index (χ4n) is 3.71. The van der Waals surface area contributed by atoms with E-state index in [1.807, 2.05) is 19.2 Å². The predicted molar refractivity (Wildman–Crippen MR) is 58.3 cm³/mol. The Labute approximate surface area is 89.7 Å². The SMILES string of the molecule is CNC1C2CCC1(c1ccc(F)cc1)C2. The van der Waals surface area contributed by atoms with Crippen molar-refractivity contribution in [2.45, 2.75) is 30.7 Å². The van der Waals surface area contributed by atoms with Crippen LogP contribution in [0.3, 0.4) is 0 Å². The van der Waals surface area contributed by atoms with Crippen molar-refractivity contribution in [2.75, 3.05) is 7.05 Å². The molecule has 0 aliphatic heterocycles. The Balaban J connectivity index is 1.96. The van der Waals surface area contributed by atoms with Crippen LogP contribution in [0.5, 0.6) is 0 Å². The number of likely N-dealkylation sites (N-methyl/N-ethyl adjacent to an activating group) is 1. The highest BCUT2D eigenvalue weighted by Crippen LogP contribution is 2.59. The van der Waals surface area contributed by atoms with Crippen molar-refractivity contribution in [1.82, 2.24) is 5.32 Å². The van der Waals surface area contributed by atoms with Gasteiger partial charge in [0.1, 0.15) is 5.82 Å². The zero-order valence-corrected chi connectivity index (χ0v) is 8.96. The van der Waals surface area contributed by atoms with E-state index in [0.29, 0.717) is 11.5 Å². The molecule has 1 nitrogen and oxygen atoms in total. The molecule has 0 aromatic heterocycles. The predicted octanol–water partition coefficient (Wildman–Crippen LogP) is 2.47. The van der Waals surface area contributed by atoms with Crippen LogP contribution in [-0.4, -0.2) is 13.1 Å². The van der Waals surface area contributed by atoms with Gasteiger partial charge in [-0.25, -0.2) is 4.39 Å². The second-order valence-electron chi connectivity index (χ2n) is 4.93. The maximum atomic E-state index is 12.9. The van der Waals surface area contributed by atoms with Crippen molar-refractivity contribution in [3.63, 3.8) is 0 Å². The summed E-state index contributed by atoms with van der Waals surface area (Å²) in [4.78, 5) is 0. The first kappa shape index (κ1) is 9.34. The Bertz CT molecular complexity index is 369. The summed E-state index contributed by atoms with van der Waals surface area (Å²) in [7, 11) is 2.04. The maximum Gasteiger partial charge on any atom is 0.123 e. The molecule has 1 aromatic carbocycles. The molecule has 3 aliphatic rings. The van der Waals surface area contributed by atoms with Crippen LogP contribution < -0.4 is 5.32 Å². The summed E-state index contributed by atoms with van der Waals surface area (Å²) in [6.45, 7) is 0. The Morgan fingerprint density at radius 3 is 2.67 bits per heavy atom. The van der Waals surface area contributed by atoms with Crippen LogP contribution in [0.15, 0.2) is 24.3 Å². The molecule has 0 spiro atoms. The van der Waals surface area contributed by atoms with E-state index in [1.54, 1.807) is 12.1 Å². The first-order chi connectivity index (χ1) is 7.26. The minimum Gasteiger partial charge on any atom is -0.316 e. The largest absolute Gasteiger partial charge is 0.316 e. The third kappa shape index (κ3) is 1.11. The van der Waals surface area contributed by atoms with Crippen molar-refractivity contribution in [3.05, 3.63) is 35.6 Å². The van der Waals surface area contributed by atoms with Crippen molar-refractivity contribution < 1.29 is 4.39 Å². The van der Waals surface area contributed by atoms with Crippen molar-refractivity contribution in [3.8, 4) is 0 Å². The van der Waals surface area contributed by atoms with Crippen LogP contribution >= 0.6 is 0 Å². The standard InChI is InChI=1S/C13H16FN/c1-15-12-9-6-7-13(12,8-9)10-2-4-11(14)5-3-10/h2-5,9,12,15H,6-8H2,1H3. The molecule has 3 fully saturated rings. The molecule has 0 heterocycles. The lowest BCUT2D eigenvalue weighted by molar-refractivity contribution is 0.157. The third-order valence-electron chi connectivity index (χ3n) is 4.38. The van der Waals surface area contributed by atoms with Gasteiger partial charge in [0.05, 0.1) is 0 Å². The van der Waals surface area contributed by atoms with Gasteiger partial charge in [0.15, 0.2) is 0 Å². The topological polar surface area (TPSA) is 12.0 Å². The van der Waals surface area contributed by atoms with E-state index in [0.717, 1.165) is 5.92 Å². The van der Waals surface area contributed by atoms with Gasteiger partial charge in [-0.2, -0.15) is 0 Å². The lowest BCUT2D eigenvalue weighted by Crippen LogP contribution is -2.55. The maximum absolute atomic E-state index is 12.9. The summed E-state index contributed by atoms with van der Waals surface area (Å²) in [6.07, 6.45) is 3.86. The normalized spacial score (nSPS) is 37.7. The van der Waals surface area contributed by atoms with Gasteiger partial charge in [0.25, 0.3) is 0 Å². The molecular formula is C13H16FN. The fourth-order valence-corrected chi connectivity index (χ4v) is 3.71. The quantitative estimate of drug-likeness (QED) is 0.782. The highest BCUT2D eigenvalue weighted by atomic mass is 19.1. The molecule has 1 N–H and O–H groups in total. The van der Waals surface area contributed by atoms with Crippen LogP contribution in [-0.2, 0) is 5.41 Å². The summed E-state index contributed by atoms with van der Waals surface area (Å²) in [6, 6.07) is 7.70. The van der Waals surface area contributed by atoms with Gasteiger partial charge in [-0.1, -0.05) is 12.1 Å². The van der Waals surface area contributed by atoms with Gasteiger partial charge < -0.3 is 5.32 Å². The molecule has 1 aromatic rings. The second kappa shape index (κ2) is 3.05. The molecular weight excluding hydrogens is 189 g/mol. The lowest BCUT2D eigenvalue weighted by atomic mass is 9.61. The summed E-state index contributed by atoms with van der Waals surface area (Å²) in [5.74, 6) is 0.713. The average Bonchev–Trinajstić information content (AvgIpc) is 2.78. The molecule has 15 heavy (non-hydrogen) atoms. The van der Waals surface area contributed by atoms with Crippen LogP contribution in [0.2, 0.25) is 0 Å². The average molecular weight is 205 g/mol. The molecule has 0 amide bonds. The molecule has 3 aliphatic carbocycles. The van der Waals surface area contributed by atoms with E-state index in [9.17, 15) is 4.39 Å². The summed E-state index contributed by atoms with van der Waals surface area (Å²) < 4.78 is 12.9. The number of fused-ring (bicyclic) bond motifs is 1. The summed E-state index contributed by atoms with van der Waals surface area (Å²) in [5.41, 5.74) is 1.63. The molecule has 4 rings (SSSR count). The summed E-state index contributed by atoms with van der Waals surface area (Å²) >= 11 is 0. The fraction of sp³-hybridized carbons (Fsp3) is 0.538.